The van der Waals surface area contributed by atoms with E-state index >= 15 is 0 Å². The normalized spacial score (nSPS) is 22.0. The van der Waals surface area contributed by atoms with Crippen LogP contribution in [0.25, 0.3) is 0 Å². The predicted molar refractivity (Wildman–Crippen MR) is 103 cm³/mol. The smallest absolute Gasteiger partial charge is 0.183 e. The van der Waals surface area contributed by atoms with E-state index in [0.29, 0.717) is 18.0 Å². The quantitative estimate of drug-likeness (QED) is 0.758. The molecule has 0 unspecified atom stereocenters. The molecule has 1 N–H and O–H groups in total. The van der Waals surface area contributed by atoms with Crippen molar-refractivity contribution in [3.63, 3.8) is 0 Å². The first-order valence-electron chi connectivity index (χ1n) is 8.35. The summed E-state index contributed by atoms with van der Waals surface area (Å²) in [5.74, 6) is -0.970. The molecule has 2 aromatic rings. The fourth-order valence-electron chi connectivity index (χ4n) is 3.16. The summed E-state index contributed by atoms with van der Waals surface area (Å²) in [5, 5.41) is 2.41. The summed E-state index contributed by atoms with van der Waals surface area (Å²) in [6.07, 6.45) is 0.532. The zero-order valence-corrected chi connectivity index (χ0v) is 16.7. The molecule has 0 bridgehead atoms. The van der Waals surface area contributed by atoms with Gasteiger partial charge in [0.2, 0.25) is 0 Å². The summed E-state index contributed by atoms with van der Waals surface area (Å²) in [4.78, 5) is 0.0549. The van der Waals surface area contributed by atoms with Crippen LogP contribution in [0, 0.1) is 5.82 Å². The Morgan fingerprint density at radius 1 is 1.04 bits per heavy atom. The van der Waals surface area contributed by atoms with Crippen LogP contribution in [0.15, 0.2) is 53.4 Å². The molecular formula is C18H19ClFNO4S2. The van der Waals surface area contributed by atoms with Gasteiger partial charge in [0.15, 0.2) is 19.7 Å². The Morgan fingerprint density at radius 2 is 1.67 bits per heavy atom. The molecule has 1 aliphatic rings. The molecule has 3 rings (SSSR count). The number of sulfone groups is 2. The van der Waals surface area contributed by atoms with Crippen LogP contribution in [0.5, 0.6) is 0 Å². The lowest BCUT2D eigenvalue weighted by Gasteiger charge is -2.20. The van der Waals surface area contributed by atoms with Crippen molar-refractivity contribution in [3.05, 3.63) is 64.9 Å². The van der Waals surface area contributed by atoms with Gasteiger partial charge in [-0.05, 0) is 54.9 Å². The number of hydrogen-bond acceptors (Lipinski definition) is 5. The average molecular weight is 432 g/mol. The number of rotatable bonds is 6. The Morgan fingerprint density at radius 3 is 2.30 bits per heavy atom. The molecule has 1 fully saturated rings. The van der Waals surface area contributed by atoms with Gasteiger partial charge in [-0.2, -0.15) is 0 Å². The third-order valence-electron chi connectivity index (χ3n) is 4.57. The molecule has 2 atom stereocenters. The Hall–Kier alpha value is -1.48. The van der Waals surface area contributed by atoms with E-state index in [0.717, 1.165) is 5.56 Å². The third-order valence-corrected chi connectivity index (χ3v) is 8.99. The molecule has 1 saturated heterocycles. The topological polar surface area (TPSA) is 80.3 Å². The van der Waals surface area contributed by atoms with Gasteiger partial charge >= 0.3 is 0 Å². The van der Waals surface area contributed by atoms with Gasteiger partial charge in [0.1, 0.15) is 5.82 Å². The van der Waals surface area contributed by atoms with Gasteiger partial charge < -0.3 is 5.32 Å². The number of benzene rings is 2. The van der Waals surface area contributed by atoms with Crippen LogP contribution in [0.3, 0.4) is 0 Å². The summed E-state index contributed by atoms with van der Waals surface area (Å²) in [5.41, 5.74) is 0.877. The summed E-state index contributed by atoms with van der Waals surface area (Å²) in [6, 6.07) is 11.0. The first kappa shape index (κ1) is 20.3. The highest BCUT2D eigenvalue weighted by Crippen LogP contribution is 2.27. The highest BCUT2D eigenvalue weighted by Gasteiger charge is 2.45. The van der Waals surface area contributed by atoms with Crippen molar-refractivity contribution < 1.29 is 21.2 Å². The Labute approximate surface area is 163 Å². The zero-order valence-electron chi connectivity index (χ0n) is 14.3. The lowest BCUT2D eigenvalue weighted by Crippen LogP contribution is -2.44. The van der Waals surface area contributed by atoms with E-state index in [4.69, 9.17) is 11.6 Å². The number of halogens is 2. The molecule has 5 nitrogen and oxygen atoms in total. The van der Waals surface area contributed by atoms with E-state index in [1.807, 2.05) is 0 Å². The second-order valence-electron chi connectivity index (χ2n) is 6.55. The number of nitrogens with one attached hydrogen (secondary N) is 1. The molecule has 146 valence electrons. The second kappa shape index (κ2) is 7.87. The van der Waals surface area contributed by atoms with E-state index in [-0.39, 0.29) is 16.5 Å². The summed E-state index contributed by atoms with van der Waals surface area (Å²) in [6.45, 7) is 0.387. The van der Waals surface area contributed by atoms with Gasteiger partial charge in [-0.15, -0.1) is 0 Å². The lowest BCUT2D eigenvalue weighted by molar-refractivity contribution is 0.528. The van der Waals surface area contributed by atoms with Crippen molar-refractivity contribution >= 4 is 31.3 Å². The molecule has 9 heteroatoms. The maximum Gasteiger partial charge on any atom is 0.183 e. The molecular weight excluding hydrogens is 413 g/mol. The molecule has 2 aromatic carbocycles. The van der Waals surface area contributed by atoms with Crippen LogP contribution < -0.4 is 5.32 Å². The molecule has 0 amide bonds. The van der Waals surface area contributed by atoms with Crippen molar-refractivity contribution in [3.8, 4) is 0 Å². The van der Waals surface area contributed by atoms with Crippen molar-refractivity contribution in [2.45, 2.75) is 22.6 Å². The molecule has 1 heterocycles. The maximum absolute atomic E-state index is 13.0. The molecule has 0 aromatic heterocycles. The van der Waals surface area contributed by atoms with Crippen LogP contribution in [-0.4, -0.2) is 46.2 Å². The minimum Gasteiger partial charge on any atom is -0.311 e. The van der Waals surface area contributed by atoms with E-state index in [1.54, 1.807) is 12.1 Å². The molecule has 0 radical (unpaired) electrons. The van der Waals surface area contributed by atoms with Crippen LogP contribution in [-0.2, 0) is 26.1 Å². The van der Waals surface area contributed by atoms with Gasteiger partial charge in [0.25, 0.3) is 0 Å². The molecule has 0 aliphatic carbocycles. The first-order valence-corrected chi connectivity index (χ1v) is 12.1. The van der Waals surface area contributed by atoms with Crippen LogP contribution in [0.4, 0.5) is 4.39 Å². The van der Waals surface area contributed by atoms with Crippen LogP contribution >= 0.6 is 11.6 Å². The fourth-order valence-corrected chi connectivity index (χ4v) is 8.01. The van der Waals surface area contributed by atoms with Crippen molar-refractivity contribution in [1.29, 1.82) is 0 Å². The Balaban J connectivity index is 1.74. The lowest BCUT2D eigenvalue weighted by atomic mass is 10.1. The standard InChI is InChI=1S/C18H19ClFNO4S2/c19-14-3-7-16(8-4-14)27(24,25)18-12-26(22,23)11-17(18)21-10-9-13-1-5-15(20)6-2-13/h1-8,17-18,21H,9-12H2/t17-,18-/m0/s1. The van der Waals surface area contributed by atoms with E-state index < -0.39 is 36.7 Å². The minimum atomic E-state index is -3.83. The van der Waals surface area contributed by atoms with Crippen molar-refractivity contribution in [2.24, 2.45) is 0 Å². The Bertz CT molecular complexity index is 1010. The van der Waals surface area contributed by atoms with E-state index in [2.05, 4.69) is 5.32 Å². The summed E-state index contributed by atoms with van der Waals surface area (Å²) < 4.78 is 63.0. The first-order chi connectivity index (χ1) is 12.7. The fraction of sp³-hybridized carbons (Fsp3) is 0.333. The van der Waals surface area contributed by atoms with Crippen LogP contribution in [0.1, 0.15) is 5.56 Å². The summed E-state index contributed by atoms with van der Waals surface area (Å²) >= 11 is 5.81. The molecule has 0 saturated carbocycles. The zero-order chi connectivity index (χ0) is 19.7. The average Bonchev–Trinajstić information content (AvgIpc) is 2.92. The number of hydrogen-bond donors (Lipinski definition) is 1. The predicted octanol–water partition coefficient (Wildman–Crippen LogP) is 2.25. The monoisotopic (exact) mass is 431 g/mol. The summed E-state index contributed by atoms with van der Waals surface area (Å²) in [7, 11) is -7.29. The largest absolute Gasteiger partial charge is 0.311 e. The highest BCUT2D eigenvalue weighted by molar-refractivity contribution is 7.96. The third kappa shape index (κ3) is 4.87. The van der Waals surface area contributed by atoms with E-state index in [9.17, 15) is 21.2 Å². The Kier molecular flexibility index (Phi) is 5.90. The highest BCUT2D eigenvalue weighted by atomic mass is 35.5. The minimum absolute atomic E-state index is 0.0549. The SMILES string of the molecule is O=S1(=O)C[C@H](NCCc2ccc(F)cc2)[C@@H](S(=O)(=O)c2ccc(Cl)cc2)C1. The maximum atomic E-state index is 13.0. The van der Waals surface area contributed by atoms with E-state index in [1.165, 1.54) is 36.4 Å². The second-order valence-corrected chi connectivity index (χ2v) is 11.3. The van der Waals surface area contributed by atoms with Crippen LogP contribution in [0.2, 0.25) is 5.02 Å². The van der Waals surface area contributed by atoms with Crippen molar-refractivity contribution in [2.75, 3.05) is 18.1 Å². The van der Waals surface area contributed by atoms with Crippen molar-refractivity contribution in [1.82, 2.24) is 5.32 Å². The molecule has 0 spiro atoms. The molecule has 1 aliphatic heterocycles. The van der Waals surface area contributed by atoms with Gasteiger partial charge in [0, 0.05) is 11.1 Å². The van der Waals surface area contributed by atoms with Gasteiger partial charge in [-0.25, -0.2) is 21.2 Å². The molecule has 27 heavy (non-hydrogen) atoms. The van der Waals surface area contributed by atoms with Gasteiger partial charge in [0.05, 0.1) is 21.7 Å². The van der Waals surface area contributed by atoms with Gasteiger partial charge in [-0.3, -0.25) is 0 Å². The van der Waals surface area contributed by atoms with Gasteiger partial charge in [-0.1, -0.05) is 23.7 Å².